The van der Waals surface area contributed by atoms with E-state index in [4.69, 9.17) is 9.15 Å². The zero-order valence-electron chi connectivity index (χ0n) is 19.1. The molecular formula is C26H34N2O4. The molecule has 2 aromatic rings. The van der Waals surface area contributed by atoms with Gasteiger partial charge in [0.2, 0.25) is 5.91 Å². The summed E-state index contributed by atoms with van der Waals surface area (Å²) in [4.78, 5) is 29.4. The van der Waals surface area contributed by atoms with Crippen LogP contribution in [0.3, 0.4) is 0 Å². The van der Waals surface area contributed by atoms with Crippen molar-refractivity contribution in [3.63, 3.8) is 0 Å². The maximum Gasteiger partial charge on any atom is 0.260 e. The van der Waals surface area contributed by atoms with Gasteiger partial charge >= 0.3 is 0 Å². The molecule has 5 rings (SSSR count). The van der Waals surface area contributed by atoms with Gasteiger partial charge in [0.15, 0.2) is 6.61 Å². The Kier molecular flexibility index (Phi) is 6.11. The van der Waals surface area contributed by atoms with E-state index in [-0.39, 0.29) is 24.3 Å². The van der Waals surface area contributed by atoms with Gasteiger partial charge < -0.3 is 19.0 Å². The van der Waals surface area contributed by atoms with Crippen LogP contribution in [0.1, 0.15) is 56.8 Å². The number of furan rings is 1. The number of carbonyl (C=O) groups excluding carboxylic acids is 2. The Balaban J connectivity index is 1.12. The number of aryl methyl sites for hydroxylation is 2. The predicted octanol–water partition coefficient (Wildman–Crippen LogP) is 4.19. The average molecular weight is 439 g/mol. The molecule has 0 bridgehead atoms. The fourth-order valence-corrected chi connectivity index (χ4v) is 5.43. The number of rotatable bonds is 4. The van der Waals surface area contributed by atoms with E-state index in [2.05, 4.69) is 6.92 Å². The van der Waals surface area contributed by atoms with Crippen LogP contribution < -0.4 is 4.74 Å². The van der Waals surface area contributed by atoms with Crippen molar-refractivity contribution >= 4 is 22.8 Å². The van der Waals surface area contributed by atoms with Crippen LogP contribution >= 0.6 is 0 Å². The van der Waals surface area contributed by atoms with Crippen molar-refractivity contribution in [1.29, 1.82) is 0 Å². The molecule has 3 aliphatic rings. The van der Waals surface area contributed by atoms with E-state index in [0.717, 1.165) is 74.3 Å². The van der Waals surface area contributed by atoms with Gasteiger partial charge in [0.1, 0.15) is 17.1 Å². The van der Waals surface area contributed by atoms with Crippen LogP contribution in [0.5, 0.6) is 5.75 Å². The summed E-state index contributed by atoms with van der Waals surface area (Å²) in [6.45, 7) is 5.34. The summed E-state index contributed by atoms with van der Waals surface area (Å²) in [5.74, 6) is 2.88. The molecule has 6 nitrogen and oxygen atoms in total. The van der Waals surface area contributed by atoms with Crippen LogP contribution in [0.4, 0.5) is 0 Å². The highest BCUT2D eigenvalue weighted by Gasteiger charge is 2.31. The van der Waals surface area contributed by atoms with Crippen molar-refractivity contribution in [2.45, 2.75) is 58.3 Å². The van der Waals surface area contributed by atoms with Crippen LogP contribution in [-0.2, 0) is 22.4 Å². The summed E-state index contributed by atoms with van der Waals surface area (Å²) >= 11 is 0. The maximum atomic E-state index is 12.8. The number of likely N-dealkylation sites (tertiary alicyclic amines) is 2. The molecule has 3 heterocycles. The Morgan fingerprint density at radius 1 is 1.00 bits per heavy atom. The molecule has 2 fully saturated rings. The number of amides is 2. The van der Waals surface area contributed by atoms with Crippen molar-refractivity contribution in [2.75, 3.05) is 32.8 Å². The number of hydrogen-bond donors (Lipinski definition) is 0. The van der Waals surface area contributed by atoms with E-state index < -0.39 is 0 Å². The van der Waals surface area contributed by atoms with Gasteiger partial charge in [-0.2, -0.15) is 0 Å². The summed E-state index contributed by atoms with van der Waals surface area (Å²) in [5, 5.41) is 1.12. The first-order valence-corrected chi connectivity index (χ1v) is 12.3. The van der Waals surface area contributed by atoms with Gasteiger partial charge in [-0.25, -0.2) is 0 Å². The molecule has 32 heavy (non-hydrogen) atoms. The molecule has 0 atom stereocenters. The lowest BCUT2D eigenvalue weighted by Gasteiger charge is -2.36. The Bertz CT molecular complexity index is 981. The normalized spacial score (nSPS) is 20.4. The summed E-state index contributed by atoms with van der Waals surface area (Å²) in [6.07, 6.45) is 8.16. The molecule has 6 heteroatoms. The molecule has 0 saturated carbocycles. The van der Waals surface area contributed by atoms with Gasteiger partial charge in [0.05, 0.1) is 0 Å². The number of nitrogens with zero attached hydrogens (tertiary/aromatic N) is 2. The standard InChI is InChI=1S/C26H34N2O4/c1-18-8-12-28(13-9-18)26(30)19-10-14-27(15-11-19)25(29)17-31-20-6-7-24-22(16-20)21-4-2-3-5-23(21)32-24/h6-7,16,18-19H,2-5,8-15,17H2,1H3. The SMILES string of the molecule is CC1CCN(C(=O)C2CCN(C(=O)COc3ccc4oc5c(c4c3)CCCC5)CC2)CC1. The van der Waals surface area contributed by atoms with Crippen molar-refractivity contribution in [3.05, 3.63) is 29.5 Å². The number of ether oxygens (including phenoxy) is 1. The van der Waals surface area contributed by atoms with E-state index in [1.807, 2.05) is 28.0 Å². The predicted molar refractivity (Wildman–Crippen MR) is 123 cm³/mol. The lowest BCUT2D eigenvalue weighted by molar-refractivity contribution is -0.142. The van der Waals surface area contributed by atoms with Crippen molar-refractivity contribution in [3.8, 4) is 5.75 Å². The zero-order chi connectivity index (χ0) is 22.1. The highest BCUT2D eigenvalue weighted by molar-refractivity contribution is 5.84. The lowest BCUT2D eigenvalue weighted by Crippen LogP contribution is -2.47. The molecular weight excluding hydrogens is 404 g/mol. The Labute approximate surface area is 189 Å². The first kappa shape index (κ1) is 21.4. The largest absolute Gasteiger partial charge is 0.484 e. The number of piperidine rings is 2. The molecule has 0 spiro atoms. The van der Waals surface area contributed by atoms with Crippen molar-refractivity contribution in [1.82, 2.24) is 9.80 Å². The summed E-state index contributed by atoms with van der Waals surface area (Å²) in [7, 11) is 0. The van der Waals surface area contributed by atoms with Gasteiger partial charge in [-0.05, 0) is 69.1 Å². The molecule has 2 saturated heterocycles. The average Bonchev–Trinajstić information content (AvgIpc) is 3.21. The second-order valence-corrected chi connectivity index (χ2v) is 9.82. The minimum absolute atomic E-state index is 0.00276. The summed E-state index contributed by atoms with van der Waals surface area (Å²) in [5.41, 5.74) is 2.21. The molecule has 0 unspecified atom stereocenters. The Morgan fingerprint density at radius 3 is 2.50 bits per heavy atom. The number of hydrogen-bond acceptors (Lipinski definition) is 4. The smallest absolute Gasteiger partial charge is 0.260 e. The van der Waals surface area contributed by atoms with Crippen LogP contribution in [-0.4, -0.2) is 54.4 Å². The summed E-state index contributed by atoms with van der Waals surface area (Å²) < 4.78 is 11.8. The van der Waals surface area contributed by atoms with Gasteiger partial charge in [0, 0.05) is 49.5 Å². The first-order chi connectivity index (χ1) is 15.6. The van der Waals surface area contributed by atoms with E-state index in [0.29, 0.717) is 18.8 Å². The maximum absolute atomic E-state index is 12.8. The molecule has 2 amide bonds. The third-order valence-electron chi connectivity index (χ3n) is 7.58. The molecule has 2 aliphatic heterocycles. The fraction of sp³-hybridized carbons (Fsp3) is 0.615. The molecule has 172 valence electrons. The van der Waals surface area contributed by atoms with E-state index in [9.17, 15) is 9.59 Å². The van der Waals surface area contributed by atoms with Gasteiger partial charge in [-0.1, -0.05) is 6.92 Å². The minimum Gasteiger partial charge on any atom is -0.484 e. The quantitative estimate of drug-likeness (QED) is 0.718. The second-order valence-electron chi connectivity index (χ2n) is 9.82. The fourth-order valence-electron chi connectivity index (χ4n) is 5.43. The number of fused-ring (bicyclic) bond motifs is 3. The first-order valence-electron chi connectivity index (χ1n) is 12.3. The minimum atomic E-state index is -0.00276. The van der Waals surface area contributed by atoms with Crippen LogP contribution in [0.25, 0.3) is 11.0 Å². The number of benzene rings is 1. The third-order valence-corrected chi connectivity index (χ3v) is 7.58. The molecule has 1 aromatic carbocycles. The molecule has 1 aromatic heterocycles. The van der Waals surface area contributed by atoms with Gasteiger partial charge in [-0.15, -0.1) is 0 Å². The summed E-state index contributed by atoms with van der Waals surface area (Å²) in [6, 6.07) is 5.85. The van der Waals surface area contributed by atoms with Gasteiger partial charge in [0.25, 0.3) is 5.91 Å². The van der Waals surface area contributed by atoms with Crippen LogP contribution in [0, 0.1) is 11.8 Å². The van der Waals surface area contributed by atoms with Crippen LogP contribution in [0.15, 0.2) is 22.6 Å². The highest BCUT2D eigenvalue weighted by Crippen LogP contribution is 2.34. The van der Waals surface area contributed by atoms with Crippen LogP contribution in [0.2, 0.25) is 0 Å². The topological polar surface area (TPSA) is 63.0 Å². The van der Waals surface area contributed by atoms with E-state index in [1.165, 1.54) is 18.4 Å². The second kappa shape index (κ2) is 9.16. The molecule has 0 radical (unpaired) electrons. The van der Waals surface area contributed by atoms with Crippen molar-refractivity contribution < 1.29 is 18.7 Å². The lowest BCUT2D eigenvalue weighted by atomic mass is 9.92. The third kappa shape index (κ3) is 4.37. The zero-order valence-corrected chi connectivity index (χ0v) is 19.1. The monoisotopic (exact) mass is 438 g/mol. The Hall–Kier alpha value is -2.50. The number of carbonyl (C=O) groups is 2. The van der Waals surface area contributed by atoms with E-state index >= 15 is 0 Å². The molecule has 0 N–H and O–H groups in total. The van der Waals surface area contributed by atoms with E-state index in [1.54, 1.807) is 0 Å². The molecule has 1 aliphatic carbocycles. The highest BCUT2D eigenvalue weighted by atomic mass is 16.5. The van der Waals surface area contributed by atoms with Crippen molar-refractivity contribution in [2.24, 2.45) is 11.8 Å². The van der Waals surface area contributed by atoms with Gasteiger partial charge in [-0.3, -0.25) is 9.59 Å². The Morgan fingerprint density at radius 2 is 1.72 bits per heavy atom.